The number of halogens is 3. The Kier molecular flexibility index (Phi) is 7.29. The van der Waals surface area contributed by atoms with Crippen molar-refractivity contribution in [2.45, 2.75) is 0 Å². The monoisotopic (exact) mass is 696 g/mol. The van der Waals surface area contributed by atoms with Gasteiger partial charge in [0.15, 0.2) is 10.9 Å². The first-order valence-electron chi connectivity index (χ1n) is 7.95. The number of aromatic carboxylic acids is 1. The molecule has 3 N–H and O–H groups in total. The standard InChI is InChI=1S/C19H11BrI2N2O4S/c20-10-3-1-9(2-4-10)14-5-6-15(28-14)17(25)24-19(29)23-16-12(18(26)27)7-11(21)8-13(16)22/h1-8H,(H,26,27)(H2,23,24,25,29). The molecule has 0 unspecified atom stereocenters. The summed E-state index contributed by atoms with van der Waals surface area (Å²) >= 11 is 12.6. The molecular formula is C19H11BrI2N2O4S. The summed E-state index contributed by atoms with van der Waals surface area (Å²) in [4.78, 5) is 24.0. The highest BCUT2D eigenvalue weighted by Crippen LogP contribution is 2.27. The van der Waals surface area contributed by atoms with Crippen LogP contribution in [0.1, 0.15) is 20.9 Å². The fraction of sp³-hybridized carbons (Fsp3) is 0. The van der Waals surface area contributed by atoms with Gasteiger partial charge in [0.05, 0.1) is 11.3 Å². The zero-order chi connectivity index (χ0) is 21.1. The topological polar surface area (TPSA) is 91.6 Å². The number of carbonyl (C=O) groups is 2. The summed E-state index contributed by atoms with van der Waals surface area (Å²) in [5.41, 5.74) is 1.21. The maximum atomic E-state index is 12.4. The second kappa shape index (κ2) is 9.53. The van der Waals surface area contributed by atoms with Crippen LogP contribution in [0.2, 0.25) is 0 Å². The fourth-order valence-electron chi connectivity index (χ4n) is 2.41. The minimum absolute atomic E-state index is 0.0294. The molecule has 0 atom stereocenters. The van der Waals surface area contributed by atoms with Crippen LogP contribution in [0.25, 0.3) is 11.3 Å². The maximum absolute atomic E-state index is 12.4. The molecule has 0 bridgehead atoms. The molecule has 0 aliphatic rings. The van der Waals surface area contributed by atoms with Crippen LogP contribution in [0.15, 0.2) is 57.4 Å². The number of thiocarbonyl (C=S) groups is 1. The number of benzene rings is 2. The molecule has 1 heterocycles. The average Bonchev–Trinajstić information content (AvgIpc) is 3.14. The van der Waals surface area contributed by atoms with Gasteiger partial charge in [-0.05, 0) is 93.8 Å². The Morgan fingerprint density at radius 2 is 1.76 bits per heavy atom. The molecule has 10 heteroatoms. The molecule has 2 aromatic carbocycles. The molecule has 6 nitrogen and oxygen atoms in total. The van der Waals surface area contributed by atoms with Crippen molar-refractivity contribution < 1.29 is 19.1 Å². The van der Waals surface area contributed by atoms with Gasteiger partial charge in [-0.1, -0.05) is 28.1 Å². The second-order valence-electron chi connectivity index (χ2n) is 5.69. The lowest BCUT2D eigenvalue weighted by Gasteiger charge is -2.13. The molecule has 0 radical (unpaired) electrons. The normalized spacial score (nSPS) is 10.4. The number of carbonyl (C=O) groups excluding carboxylic acids is 1. The van der Waals surface area contributed by atoms with Crippen LogP contribution in [-0.2, 0) is 0 Å². The van der Waals surface area contributed by atoms with Crippen LogP contribution in [0.4, 0.5) is 5.69 Å². The van der Waals surface area contributed by atoms with Crippen molar-refractivity contribution in [3.63, 3.8) is 0 Å². The quantitative estimate of drug-likeness (QED) is 0.238. The predicted molar refractivity (Wildman–Crippen MR) is 134 cm³/mol. The summed E-state index contributed by atoms with van der Waals surface area (Å²) in [6, 6.07) is 14.0. The van der Waals surface area contributed by atoms with Gasteiger partial charge in [0.2, 0.25) is 0 Å². The maximum Gasteiger partial charge on any atom is 0.337 e. The number of carboxylic acid groups (broad SMARTS) is 1. The van der Waals surface area contributed by atoms with Crippen LogP contribution in [0.3, 0.4) is 0 Å². The molecular weight excluding hydrogens is 686 g/mol. The Balaban J connectivity index is 1.73. The number of hydrogen-bond acceptors (Lipinski definition) is 4. The first-order valence-corrected chi connectivity index (χ1v) is 11.3. The van der Waals surface area contributed by atoms with E-state index >= 15 is 0 Å². The van der Waals surface area contributed by atoms with Crippen LogP contribution in [0, 0.1) is 7.14 Å². The van der Waals surface area contributed by atoms with Crippen LogP contribution in [0.5, 0.6) is 0 Å². The Morgan fingerprint density at radius 3 is 2.41 bits per heavy atom. The highest BCUT2D eigenvalue weighted by atomic mass is 127. The molecule has 0 saturated carbocycles. The minimum Gasteiger partial charge on any atom is -0.478 e. The van der Waals surface area contributed by atoms with Gasteiger partial charge in [0.1, 0.15) is 5.76 Å². The number of hydrogen-bond donors (Lipinski definition) is 3. The molecule has 0 saturated heterocycles. The van der Waals surface area contributed by atoms with Gasteiger partial charge in [0.25, 0.3) is 5.91 Å². The summed E-state index contributed by atoms with van der Waals surface area (Å²) in [6.07, 6.45) is 0. The zero-order valence-electron chi connectivity index (χ0n) is 14.3. The second-order valence-corrected chi connectivity index (χ2v) is 9.43. The first kappa shape index (κ1) is 22.2. The van der Waals surface area contributed by atoms with Gasteiger partial charge in [-0.25, -0.2) is 4.79 Å². The van der Waals surface area contributed by atoms with Crippen molar-refractivity contribution >= 4 is 96.0 Å². The van der Waals surface area contributed by atoms with Crippen LogP contribution < -0.4 is 10.6 Å². The van der Waals surface area contributed by atoms with Crippen molar-refractivity contribution in [1.29, 1.82) is 0 Å². The molecule has 148 valence electrons. The van der Waals surface area contributed by atoms with Gasteiger partial charge >= 0.3 is 5.97 Å². The Labute approximate surface area is 206 Å². The Bertz CT molecular complexity index is 1120. The van der Waals surface area contributed by atoms with Crippen molar-refractivity contribution in [1.82, 2.24) is 5.32 Å². The van der Waals surface area contributed by atoms with E-state index < -0.39 is 11.9 Å². The highest BCUT2D eigenvalue weighted by Gasteiger charge is 2.18. The fourth-order valence-corrected chi connectivity index (χ4v) is 4.85. The Hall–Kier alpha value is -1.51. The zero-order valence-corrected chi connectivity index (χ0v) is 21.1. The van der Waals surface area contributed by atoms with Gasteiger partial charge in [0, 0.05) is 17.2 Å². The smallest absolute Gasteiger partial charge is 0.337 e. The van der Waals surface area contributed by atoms with Crippen molar-refractivity contribution in [3.8, 4) is 11.3 Å². The molecule has 29 heavy (non-hydrogen) atoms. The van der Waals surface area contributed by atoms with Crippen molar-refractivity contribution in [2.75, 3.05) is 5.32 Å². The number of anilines is 1. The van der Waals surface area contributed by atoms with E-state index in [0.717, 1.165) is 13.6 Å². The summed E-state index contributed by atoms with van der Waals surface area (Å²) in [5, 5.41) is 14.7. The molecule has 0 aliphatic heterocycles. The van der Waals surface area contributed by atoms with E-state index in [2.05, 4.69) is 26.6 Å². The van der Waals surface area contributed by atoms with E-state index in [1.54, 1.807) is 18.2 Å². The van der Waals surface area contributed by atoms with E-state index in [1.165, 1.54) is 6.07 Å². The average molecular weight is 697 g/mol. The van der Waals surface area contributed by atoms with Gasteiger partial charge < -0.3 is 14.8 Å². The highest BCUT2D eigenvalue weighted by molar-refractivity contribution is 14.1. The lowest BCUT2D eigenvalue weighted by atomic mass is 10.2. The molecule has 0 spiro atoms. The van der Waals surface area contributed by atoms with Crippen molar-refractivity contribution in [2.24, 2.45) is 0 Å². The number of nitrogens with one attached hydrogen (secondary N) is 2. The van der Waals surface area contributed by atoms with Crippen LogP contribution in [-0.4, -0.2) is 22.1 Å². The summed E-state index contributed by atoms with van der Waals surface area (Å²) < 4.78 is 8.00. The Morgan fingerprint density at radius 1 is 1.07 bits per heavy atom. The third-order valence-corrected chi connectivity index (χ3v) is 5.92. The number of furan rings is 1. The van der Waals surface area contributed by atoms with Crippen LogP contribution >= 0.6 is 73.3 Å². The minimum atomic E-state index is -1.09. The summed E-state index contributed by atoms with van der Waals surface area (Å²) in [6.45, 7) is 0. The van der Waals surface area contributed by atoms with Crippen molar-refractivity contribution in [3.05, 3.63) is 71.5 Å². The molecule has 3 aromatic rings. The van der Waals surface area contributed by atoms with E-state index in [0.29, 0.717) is 15.0 Å². The van der Waals surface area contributed by atoms with E-state index in [1.807, 2.05) is 69.4 Å². The molecule has 0 fully saturated rings. The molecule has 1 aromatic heterocycles. The first-order chi connectivity index (χ1) is 13.7. The largest absolute Gasteiger partial charge is 0.478 e. The molecule has 1 amide bonds. The summed E-state index contributed by atoms with van der Waals surface area (Å²) in [5.74, 6) is -1.00. The number of carboxylic acids is 1. The third-order valence-electron chi connectivity index (χ3n) is 3.71. The van der Waals surface area contributed by atoms with E-state index in [9.17, 15) is 14.7 Å². The lowest BCUT2D eigenvalue weighted by Crippen LogP contribution is -2.34. The van der Waals surface area contributed by atoms with E-state index in [4.69, 9.17) is 16.6 Å². The van der Waals surface area contributed by atoms with Gasteiger partial charge in [-0.2, -0.15) is 0 Å². The van der Waals surface area contributed by atoms with Gasteiger partial charge in [-0.3, -0.25) is 10.1 Å². The molecule has 0 aliphatic carbocycles. The number of amides is 1. The lowest BCUT2D eigenvalue weighted by molar-refractivity contribution is 0.0697. The van der Waals surface area contributed by atoms with E-state index in [-0.39, 0.29) is 16.4 Å². The molecule has 3 rings (SSSR count). The summed E-state index contributed by atoms with van der Waals surface area (Å²) in [7, 11) is 0. The predicted octanol–water partition coefficient (Wildman–Crippen LogP) is 5.74. The SMILES string of the molecule is O=C(NC(=S)Nc1c(I)cc(I)cc1C(=O)O)c1ccc(-c2ccc(Br)cc2)o1. The third kappa shape index (κ3) is 5.55. The van der Waals surface area contributed by atoms with Gasteiger partial charge in [-0.15, -0.1) is 0 Å². The number of rotatable bonds is 4.